The highest BCUT2D eigenvalue weighted by atomic mass is 16.2. The second-order valence-electron chi connectivity index (χ2n) is 5.86. The fourth-order valence-electron chi connectivity index (χ4n) is 2.65. The summed E-state index contributed by atoms with van der Waals surface area (Å²) in [5, 5.41) is 6.11. The second-order valence-corrected chi connectivity index (χ2v) is 5.86. The zero-order valence-corrected chi connectivity index (χ0v) is 13.1. The summed E-state index contributed by atoms with van der Waals surface area (Å²) in [6.07, 6.45) is 3.29. The molecule has 1 aliphatic heterocycles. The number of aryl methyl sites for hydroxylation is 1. The molecule has 0 saturated carbocycles. The van der Waals surface area contributed by atoms with E-state index in [9.17, 15) is 9.59 Å². The van der Waals surface area contributed by atoms with E-state index in [1.54, 1.807) is 0 Å². The first-order valence-corrected chi connectivity index (χ1v) is 7.81. The van der Waals surface area contributed by atoms with Gasteiger partial charge in [-0.2, -0.15) is 0 Å². The molecular weight excluding hydrogens is 292 g/mol. The number of hydrogen-bond acceptors (Lipinski definition) is 4. The zero-order valence-electron chi connectivity index (χ0n) is 13.1. The molecule has 120 valence electrons. The Morgan fingerprint density at radius 1 is 1.30 bits per heavy atom. The van der Waals surface area contributed by atoms with Gasteiger partial charge in [-0.15, -0.1) is 0 Å². The number of carbonyl (C=O) groups is 1. The fraction of sp³-hybridized carbons (Fsp3) is 0.353. The molecule has 3 rings (SSSR count). The Morgan fingerprint density at radius 3 is 2.74 bits per heavy atom. The third kappa shape index (κ3) is 3.65. The molecule has 0 bridgehead atoms. The van der Waals surface area contributed by atoms with Crippen LogP contribution in [0.2, 0.25) is 0 Å². The standard InChI is InChI=1S/C17H20N4O2/c1-11-4-6-12(7-5-11)15-19-10-14(17(23)21-15)16(22)20-13-3-2-8-18-9-13/h4-7,10,13,18H,2-3,8-9H2,1H3,(H,20,22)(H,19,21,23)/t13-/m0/s1. The van der Waals surface area contributed by atoms with E-state index in [1.807, 2.05) is 31.2 Å². The minimum Gasteiger partial charge on any atom is -0.348 e. The van der Waals surface area contributed by atoms with Gasteiger partial charge in [0.1, 0.15) is 11.4 Å². The molecule has 1 amide bonds. The van der Waals surface area contributed by atoms with Gasteiger partial charge in [-0.1, -0.05) is 29.8 Å². The van der Waals surface area contributed by atoms with Gasteiger partial charge >= 0.3 is 0 Å². The van der Waals surface area contributed by atoms with Crippen LogP contribution in [0, 0.1) is 6.92 Å². The van der Waals surface area contributed by atoms with E-state index in [1.165, 1.54) is 6.20 Å². The lowest BCUT2D eigenvalue weighted by molar-refractivity contribution is 0.0929. The normalized spacial score (nSPS) is 17.7. The first kappa shape index (κ1) is 15.4. The van der Waals surface area contributed by atoms with Crippen molar-refractivity contribution in [1.29, 1.82) is 0 Å². The number of carbonyl (C=O) groups excluding carboxylic acids is 1. The predicted molar refractivity (Wildman–Crippen MR) is 88.4 cm³/mol. The van der Waals surface area contributed by atoms with Crippen molar-refractivity contribution in [3.63, 3.8) is 0 Å². The highest BCUT2D eigenvalue weighted by molar-refractivity contribution is 5.93. The lowest BCUT2D eigenvalue weighted by Gasteiger charge is -2.23. The molecule has 1 saturated heterocycles. The Morgan fingerprint density at radius 2 is 2.09 bits per heavy atom. The zero-order chi connectivity index (χ0) is 16.2. The lowest BCUT2D eigenvalue weighted by Crippen LogP contribution is -2.46. The van der Waals surface area contributed by atoms with Crippen molar-refractivity contribution in [3.8, 4) is 11.4 Å². The third-order valence-electron chi connectivity index (χ3n) is 4.00. The number of hydrogen-bond donors (Lipinski definition) is 3. The number of aromatic amines is 1. The molecule has 1 aromatic heterocycles. The molecule has 23 heavy (non-hydrogen) atoms. The van der Waals surface area contributed by atoms with E-state index in [4.69, 9.17) is 0 Å². The SMILES string of the molecule is Cc1ccc(-c2ncc(C(=O)N[C@H]3CCCNC3)c(=O)[nH]2)cc1. The van der Waals surface area contributed by atoms with Gasteiger partial charge in [0.15, 0.2) is 0 Å². The van der Waals surface area contributed by atoms with Crippen LogP contribution in [0.5, 0.6) is 0 Å². The van der Waals surface area contributed by atoms with E-state index in [-0.39, 0.29) is 17.5 Å². The molecule has 6 nitrogen and oxygen atoms in total. The van der Waals surface area contributed by atoms with Crippen molar-refractivity contribution in [2.75, 3.05) is 13.1 Å². The van der Waals surface area contributed by atoms with Crippen molar-refractivity contribution >= 4 is 5.91 Å². The van der Waals surface area contributed by atoms with Gasteiger partial charge < -0.3 is 15.6 Å². The summed E-state index contributed by atoms with van der Waals surface area (Å²) in [4.78, 5) is 31.3. The molecule has 0 unspecified atom stereocenters. The van der Waals surface area contributed by atoms with Crippen molar-refractivity contribution in [3.05, 3.63) is 51.9 Å². The van der Waals surface area contributed by atoms with Crippen molar-refractivity contribution in [2.24, 2.45) is 0 Å². The van der Waals surface area contributed by atoms with Gasteiger partial charge in [0.25, 0.3) is 11.5 Å². The number of aromatic nitrogens is 2. The fourth-order valence-corrected chi connectivity index (χ4v) is 2.65. The summed E-state index contributed by atoms with van der Waals surface area (Å²) in [7, 11) is 0. The highest BCUT2D eigenvalue weighted by Crippen LogP contribution is 2.13. The highest BCUT2D eigenvalue weighted by Gasteiger charge is 2.18. The molecule has 1 atom stereocenters. The largest absolute Gasteiger partial charge is 0.348 e. The Kier molecular flexibility index (Phi) is 4.52. The van der Waals surface area contributed by atoms with Crippen LogP contribution in [0.25, 0.3) is 11.4 Å². The average Bonchev–Trinajstić information content (AvgIpc) is 2.56. The number of H-pyrrole nitrogens is 1. The summed E-state index contributed by atoms with van der Waals surface area (Å²) in [6, 6.07) is 7.74. The Labute approximate surface area is 134 Å². The van der Waals surface area contributed by atoms with E-state index in [2.05, 4.69) is 20.6 Å². The van der Waals surface area contributed by atoms with E-state index >= 15 is 0 Å². The third-order valence-corrected chi connectivity index (χ3v) is 4.00. The van der Waals surface area contributed by atoms with Gasteiger partial charge in [-0.25, -0.2) is 4.98 Å². The van der Waals surface area contributed by atoms with Gasteiger partial charge in [-0.3, -0.25) is 9.59 Å². The molecule has 0 spiro atoms. The molecule has 2 heterocycles. The summed E-state index contributed by atoms with van der Waals surface area (Å²) in [5.74, 6) is 0.0915. The van der Waals surface area contributed by atoms with Crippen LogP contribution in [-0.2, 0) is 0 Å². The van der Waals surface area contributed by atoms with E-state index in [0.29, 0.717) is 5.82 Å². The van der Waals surface area contributed by atoms with Gasteiger partial charge in [0.2, 0.25) is 0 Å². The minimum absolute atomic E-state index is 0.0476. The first-order chi connectivity index (χ1) is 11.1. The molecule has 0 aliphatic carbocycles. The maximum atomic E-state index is 12.2. The van der Waals surface area contributed by atoms with E-state index < -0.39 is 5.56 Å². The monoisotopic (exact) mass is 312 g/mol. The molecule has 6 heteroatoms. The number of rotatable bonds is 3. The van der Waals surface area contributed by atoms with Gasteiger partial charge in [0, 0.05) is 24.3 Å². The average molecular weight is 312 g/mol. The van der Waals surface area contributed by atoms with Gasteiger partial charge in [0.05, 0.1) is 0 Å². The Balaban J connectivity index is 1.77. The van der Waals surface area contributed by atoms with Crippen molar-refractivity contribution in [1.82, 2.24) is 20.6 Å². The van der Waals surface area contributed by atoms with Crippen LogP contribution in [0.4, 0.5) is 0 Å². The van der Waals surface area contributed by atoms with Crippen LogP contribution >= 0.6 is 0 Å². The first-order valence-electron chi connectivity index (χ1n) is 7.81. The number of nitrogens with zero attached hydrogens (tertiary/aromatic N) is 1. The van der Waals surface area contributed by atoms with Crippen molar-refractivity contribution < 1.29 is 4.79 Å². The van der Waals surface area contributed by atoms with Crippen LogP contribution in [0.15, 0.2) is 35.3 Å². The Hall–Kier alpha value is -2.47. The summed E-state index contributed by atoms with van der Waals surface area (Å²) in [5.41, 5.74) is 1.58. The summed E-state index contributed by atoms with van der Waals surface area (Å²) in [6.45, 7) is 3.70. The molecule has 1 aromatic carbocycles. The summed E-state index contributed by atoms with van der Waals surface area (Å²) >= 11 is 0. The van der Waals surface area contributed by atoms with Crippen molar-refractivity contribution in [2.45, 2.75) is 25.8 Å². The quantitative estimate of drug-likeness (QED) is 0.795. The molecule has 3 N–H and O–H groups in total. The van der Waals surface area contributed by atoms with E-state index in [0.717, 1.165) is 37.1 Å². The molecule has 1 fully saturated rings. The number of benzene rings is 1. The summed E-state index contributed by atoms with van der Waals surface area (Å²) < 4.78 is 0. The number of amides is 1. The maximum absolute atomic E-state index is 12.2. The molecule has 2 aromatic rings. The molecule has 0 radical (unpaired) electrons. The molecular formula is C17H20N4O2. The van der Waals surface area contributed by atoms with Crippen LogP contribution in [0.3, 0.4) is 0 Å². The number of nitrogens with one attached hydrogen (secondary N) is 3. The Bertz CT molecular complexity index is 746. The second kappa shape index (κ2) is 6.75. The predicted octanol–water partition coefficient (Wildman–Crippen LogP) is 1.23. The lowest BCUT2D eigenvalue weighted by atomic mass is 10.1. The smallest absolute Gasteiger partial charge is 0.264 e. The van der Waals surface area contributed by atoms with Gasteiger partial charge in [-0.05, 0) is 26.3 Å². The van der Waals surface area contributed by atoms with Crippen LogP contribution < -0.4 is 16.2 Å². The molecule has 1 aliphatic rings. The van der Waals surface area contributed by atoms with Crippen LogP contribution in [0.1, 0.15) is 28.8 Å². The minimum atomic E-state index is -0.420. The van der Waals surface area contributed by atoms with Crippen LogP contribution in [-0.4, -0.2) is 35.0 Å². The maximum Gasteiger partial charge on any atom is 0.264 e. The number of piperidine rings is 1. The topological polar surface area (TPSA) is 86.9 Å².